The van der Waals surface area contributed by atoms with Crippen LogP contribution in [0.1, 0.15) is 38.8 Å². The first kappa shape index (κ1) is 36.9. The normalized spacial score (nSPS) is 15.8. The third kappa shape index (κ3) is 8.93. The fraction of sp³-hybridized carbons (Fsp3) is 0.400. The molecule has 3 aromatic carbocycles. The van der Waals surface area contributed by atoms with Gasteiger partial charge in [-0.2, -0.15) is 4.31 Å². The van der Waals surface area contributed by atoms with E-state index in [9.17, 15) is 27.9 Å². The Morgan fingerprint density at radius 3 is 2.12 bits per heavy atom. The smallest absolute Gasteiger partial charge is 0.328 e. The Labute approximate surface area is 287 Å². The summed E-state index contributed by atoms with van der Waals surface area (Å²) in [4.78, 5) is 42.9. The van der Waals surface area contributed by atoms with Crippen LogP contribution in [0, 0.1) is 11.8 Å². The molecule has 4 amide bonds. The summed E-state index contributed by atoms with van der Waals surface area (Å²) in [6, 6.07) is 19.8. The van der Waals surface area contributed by atoms with Crippen LogP contribution in [0.3, 0.4) is 0 Å². The predicted octanol–water partition coefficient (Wildman–Crippen LogP) is 4.15. The molecule has 0 aliphatic carbocycles. The Hall–Kier alpha value is -3.97. The van der Waals surface area contributed by atoms with Crippen LogP contribution in [0.2, 0.25) is 5.02 Å². The van der Waals surface area contributed by atoms with Crippen molar-refractivity contribution >= 4 is 45.2 Å². The lowest BCUT2D eigenvalue weighted by molar-refractivity contribution is -0.129. The summed E-state index contributed by atoms with van der Waals surface area (Å²) in [5.41, 5.74) is 7.60. The molecular weight excluding hydrogens is 654 g/mol. The number of anilines is 1. The molecule has 1 aliphatic rings. The zero-order chi connectivity index (χ0) is 35.2. The standard InChI is InChI=1S/C35H44ClN5O6S/c1-23(2)19-39(48(46,47)27-15-16-28(36)29(37)18-27)21-31(42)30(17-25-11-7-5-8-12-25)38-34(44)33(24(3)4)41-22-32(43)40(35(41)45)20-26-13-9-6-10-14-26/h5-16,18,23-24,30-31,33,42H,17,19-22,37H2,1-4H3,(H,38,44)/t30-,31-,33-/m0/s1. The van der Waals surface area contributed by atoms with Gasteiger partial charge in [-0.1, -0.05) is 100.0 Å². The number of hydrogen-bond acceptors (Lipinski definition) is 7. The molecule has 1 heterocycles. The second-order valence-electron chi connectivity index (χ2n) is 12.8. The Morgan fingerprint density at radius 1 is 0.958 bits per heavy atom. The zero-order valence-electron chi connectivity index (χ0n) is 27.6. The largest absolute Gasteiger partial charge is 0.397 e. The minimum Gasteiger partial charge on any atom is -0.397 e. The highest BCUT2D eigenvalue weighted by Crippen LogP contribution is 2.26. The van der Waals surface area contributed by atoms with Gasteiger partial charge < -0.3 is 21.1 Å². The van der Waals surface area contributed by atoms with Crippen LogP contribution < -0.4 is 11.1 Å². The summed E-state index contributed by atoms with van der Waals surface area (Å²) in [6.45, 7) is 6.84. The number of benzene rings is 3. The van der Waals surface area contributed by atoms with Gasteiger partial charge in [0.15, 0.2) is 0 Å². The number of urea groups is 1. The van der Waals surface area contributed by atoms with E-state index in [0.717, 1.165) is 16.0 Å². The number of sulfonamides is 1. The number of nitrogens with one attached hydrogen (secondary N) is 1. The first-order chi connectivity index (χ1) is 22.7. The number of halogens is 1. The molecule has 11 nitrogen and oxygen atoms in total. The van der Waals surface area contributed by atoms with Crippen LogP contribution in [-0.4, -0.2) is 83.3 Å². The lowest BCUT2D eigenvalue weighted by atomic mass is 9.97. The molecule has 0 saturated carbocycles. The first-order valence-corrected chi connectivity index (χ1v) is 17.7. The lowest BCUT2D eigenvalue weighted by Gasteiger charge is -2.34. The van der Waals surface area contributed by atoms with Gasteiger partial charge in [0, 0.05) is 13.1 Å². The molecule has 0 spiro atoms. The van der Waals surface area contributed by atoms with E-state index in [4.69, 9.17) is 17.3 Å². The number of aliphatic hydroxyl groups is 1. The summed E-state index contributed by atoms with van der Waals surface area (Å²) in [5.74, 6) is -1.46. The fourth-order valence-corrected chi connectivity index (χ4v) is 7.54. The molecule has 1 aliphatic heterocycles. The number of hydrogen-bond donors (Lipinski definition) is 3. The Bertz CT molecular complexity index is 1690. The third-order valence-corrected chi connectivity index (χ3v) is 10.3. The van der Waals surface area contributed by atoms with Crippen molar-refractivity contribution in [1.29, 1.82) is 0 Å². The van der Waals surface area contributed by atoms with Gasteiger partial charge in [0.05, 0.1) is 34.3 Å². The molecule has 48 heavy (non-hydrogen) atoms. The van der Waals surface area contributed by atoms with E-state index < -0.39 is 46.1 Å². The molecule has 0 bridgehead atoms. The van der Waals surface area contributed by atoms with Gasteiger partial charge in [-0.3, -0.25) is 14.5 Å². The third-order valence-electron chi connectivity index (χ3n) is 8.16. The highest BCUT2D eigenvalue weighted by Gasteiger charge is 2.44. The molecule has 0 unspecified atom stereocenters. The average molecular weight is 698 g/mol. The second kappa shape index (κ2) is 16.0. The lowest BCUT2D eigenvalue weighted by Crippen LogP contribution is -2.57. The average Bonchev–Trinajstić information content (AvgIpc) is 3.30. The number of carbonyl (C=O) groups is 3. The molecule has 1 fully saturated rings. The van der Waals surface area contributed by atoms with E-state index in [1.807, 2.05) is 74.5 Å². The molecule has 1 saturated heterocycles. The number of carbonyl (C=O) groups excluding carboxylic acids is 3. The van der Waals surface area contributed by atoms with Crippen LogP contribution in [0.5, 0.6) is 0 Å². The van der Waals surface area contributed by atoms with Crippen LogP contribution in [0.4, 0.5) is 10.5 Å². The van der Waals surface area contributed by atoms with Crippen LogP contribution in [0.25, 0.3) is 0 Å². The maximum absolute atomic E-state index is 14.0. The summed E-state index contributed by atoms with van der Waals surface area (Å²) in [5, 5.41) is 14.8. The van der Waals surface area contributed by atoms with E-state index in [1.54, 1.807) is 13.8 Å². The van der Waals surface area contributed by atoms with E-state index >= 15 is 0 Å². The van der Waals surface area contributed by atoms with Gasteiger partial charge in [0.1, 0.15) is 12.6 Å². The van der Waals surface area contributed by atoms with Crippen molar-refractivity contribution in [3.63, 3.8) is 0 Å². The molecule has 13 heteroatoms. The Kier molecular flexibility index (Phi) is 12.2. The van der Waals surface area contributed by atoms with Gasteiger partial charge >= 0.3 is 6.03 Å². The topological polar surface area (TPSA) is 153 Å². The predicted molar refractivity (Wildman–Crippen MR) is 185 cm³/mol. The number of nitrogen functional groups attached to an aromatic ring is 1. The summed E-state index contributed by atoms with van der Waals surface area (Å²) in [7, 11) is -4.13. The Balaban J connectivity index is 1.60. The number of aliphatic hydroxyl groups excluding tert-OH is 1. The minimum atomic E-state index is -4.13. The summed E-state index contributed by atoms with van der Waals surface area (Å²) in [6.07, 6.45) is -1.18. The van der Waals surface area contributed by atoms with Crippen molar-refractivity contribution in [2.24, 2.45) is 11.8 Å². The number of nitrogens with zero attached hydrogens (tertiary/aromatic N) is 3. The van der Waals surface area contributed by atoms with Crippen LogP contribution in [0.15, 0.2) is 83.8 Å². The maximum Gasteiger partial charge on any atom is 0.328 e. The molecule has 4 rings (SSSR count). The monoisotopic (exact) mass is 697 g/mol. The van der Waals surface area contributed by atoms with Crippen molar-refractivity contribution in [3.8, 4) is 0 Å². The highest BCUT2D eigenvalue weighted by atomic mass is 35.5. The minimum absolute atomic E-state index is 0.0713. The van der Waals surface area contributed by atoms with E-state index in [-0.39, 0.29) is 60.0 Å². The summed E-state index contributed by atoms with van der Waals surface area (Å²) < 4.78 is 28.8. The highest BCUT2D eigenvalue weighted by molar-refractivity contribution is 7.89. The summed E-state index contributed by atoms with van der Waals surface area (Å²) >= 11 is 6.04. The molecule has 3 atom stereocenters. The molecular formula is C35H44ClN5O6S. The fourth-order valence-electron chi connectivity index (χ4n) is 5.77. The molecule has 3 aromatic rings. The number of nitrogens with two attached hydrogens (primary N) is 1. The zero-order valence-corrected chi connectivity index (χ0v) is 29.2. The van der Waals surface area contributed by atoms with E-state index in [0.29, 0.717) is 0 Å². The molecule has 4 N–H and O–H groups in total. The van der Waals surface area contributed by atoms with E-state index in [1.165, 1.54) is 27.4 Å². The second-order valence-corrected chi connectivity index (χ2v) is 15.2. The first-order valence-electron chi connectivity index (χ1n) is 15.9. The molecule has 0 radical (unpaired) electrons. The SMILES string of the molecule is CC(C)CN(C[C@H](O)[C@H](Cc1ccccc1)NC(=O)[C@H](C(C)C)N1CC(=O)N(Cc2ccccc2)C1=O)S(=O)(=O)c1ccc(Cl)c(N)c1. The molecule has 0 aromatic heterocycles. The number of rotatable bonds is 15. The van der Waals surface area contributed by atoms with Gasteiger partial charge in [-0.25, -0.2) is 13.2 Å². The van der Waals surface area contributed by atoms with Gasteiger partial charge in [0.25, 0.3) is 5.91 Å². The van der Waals surface area contributed by atoms with Crippen molar-refractivity contribution in [1.82, 2.24) is 19.4 Å². The van der Waals surface area contributed by atoms with Crippen molar-refractivity contribution in [3.05, 3.63) is 95.0 Å². The van der Waals surface area contributed by atoms with Gasteiger partial charge in [0.2, 0.25) is 15.9 Å². The quantitative estimate of drug-likeness (QED) is 0.159. The Morgan fingerprint density at radius 2 is 1.56 bits per heavy atom. The van der Waals surface area contributed by atoms with Crippen LogP contribution >= 0.6 is 11.6 Å². The van der Waals surface area contributed by atoms with Crippen molar-refractivity contribution in [2.75, 3.05) is 25.4 Å². The van der Waals surface area contributed by atoms with E-state index in [2.05, 4.69) is 5.32 Å². The maximum atomic E-state index is 14.0. The van der Waals surface area contributed by atoms with Crippen molar-refractivity contribution < 1.29 is 27.9 Å². The van der Waals surface area contributed by atoms with Crippen molar-refractivity contribution in [2.45, 2.75) is 63.7 Å². The number of imide groups is 1. The number of amides is 4. The van der Waals surface area contributed by atoms with Crippen LogP contribution in [-0.2, 0) is 32.6 Å². The molecule has 258 valence electrons. The van der Waals surface area contributed by atoms with Gasteiger partial charge in [-0.15, -0.1) is 0 Å². The van der Waals surface area contributed by atoms with Gasteiger partial charge in [-0.05, 0) is 47.6 Å².